The van der Waals surface area contributed by atoms with E-state index in [0.717, 1.165) is 0 Å². The van der Waals surface area contributed by atoms with Gasteiger partial charge in [-0.3, -0.25) is 9.59 Å². The molecule has 0 aromatic rings. The van der Waals surface area contributed by atoms with E-state index in [4.69, 9.17) is 4.74 Å². The van der Waals surface area contributed by atoms with Gasteiger partial charge in [0.05, 0.1) is 19.1 Å². The van der Waals surface area contributed by atoms with Crippen LogP contribution in [0.4, 0.5) is 0 Å². The average Bonchev–Trinajstić information content (AvgIpc) is 2.86. The number of nitrogens with zero attached hydrogens (tertiary/aromatic N) is 2. The molecule has 1 unspecified atom stereocenters. The van der Waals surface area contributed by atoms with Crippen molar-refractivity contribution in [1.29, 1.82) is 0 Å². The molecule has 2 fully saturated rings. The summed E-state index contributed by atoms with van der Waals surface area (Å²) in [5.74, 6) is 1.52. The Morgan fingerprint density at radius 3 is 2.50 bits per heavy atom. The van der Waals surface area contributed by atoms with Crippen LogP contribution in [0.3, 0.4) is 0 Å². The lowest BCUT2D eigenvalue weighted by atomic mass is 9.91. The zero-order valence-corrected chi connectivity index (χ0v) is 13.4. The fraction of sp³-hybridized carbons (Fsp3) is 0.857. The van der Waals surface area contributed by atoms with Crippen LogP contribution in [-0.2, 0) is 14.3 Å². The van der Waals surface area contributed by atoms with Crippen molar-refractivity contribution in [1.82, 2.24) is 9.80 Å². The second kappa shape index (κ2) is 6.35. The third-order valence-corrected chi connectivity index (χ3v) is 4.50. The molecule has 0 saturated carbocycles. The quantitative estimate of drug-likeness (QED) is 0.768. The maximum absolute atomic E-state index is 12.5. The topological polar surface area (TPSA) is 49.9 Å². The molecule has 0 spiro atoms. The van der Waals surface area contributed by atoms with E-state index in [2.05, 4.69) is 0 Å². The minimum absolute atomic E-state index is 0.0447. The normalized spacial score (nSPS) is 24.1. The van der Waals surface area contributed by atoms with Crippen LogP contribution in [0.5, 0.6) is 0 Å². The van der Waals surface area contributed by atoms with Crippen molar-refractivity contribution in [2.45, 2.75) is 33.2 Å². The Bertz CT molecular complexity index is 375. The SMILES string of the molecule is CC(C)(C)CC(=O)N1CSCC1C(=O)N1CCOCC1. The molecule has 2 saturated heterocycles. The van der Waals surface area contributed by atoms with E-state index in [9.17, 15) is 9.59 Å². The van der Waals surface area contributed by atoms with Gasteiger partial charge in [0.15, 0.2) is 0 Å². The standard InChI is InChI=1S/C14H24N2O3S/c1-14(2,3)8-12(17)16-10-20-9-11(16)13(18)15-4-6-19-7-5-15/h11H,4-10H2,1-3H3. The molecular formula is C14H24N2O3S. The first-order valence-electron chi connectivity index (χ1n) is 7.12. The van der Waals surface area contributed by atoms with Crippen molar-refractivity contribution in [3.63, 3.8) is 0 Å². The minimum atomic E-state index is -0.284. The molecule has 2 amide bonds. The summed E-state index contributed by atoms with van der Waals surface area (Å²) >= 11 is 1.66. The van der Waals surface area contributed by atoms with Gasteiger partial charge in [-0.15, -0.1) is 11.8 Å². The Labute approximate surface area is 125 Å². The number of rotatable bonds is 2. The number of carbonyl (C=O) groups excluding carboxylic acids is 2. The molecule has 6 heteroatoms. The molecule has 2 aliphatic heterocycles. The number of carbonyl (C=O) groups is 2. The summed E-state index contributed by atoms with van der Waals surface area (Å²) in [4.78, 5) is 28.5. The van der Waals surface area contributed by atoms with Gasteiger partial charge in [0.2, 0.25) is 11.8 Å². The van der Waals surface area contributed by atoms with Crippen LogP contribution < -0.4 is 0 Å². The number of amides is 2. The molecule has 0 aliphatic carbocycles. The summed E-state index contributed by atoms with van der Waals surface area (Å²) in [5.41, 5.74) is -0.0447. The molecule has 2 rings (SSSR count). The maximum Gasteiger partial charge on any atom is 0.246 e. The summed E-state index contributed by atoms with van der Waals surface area (Å²) in [6.45, 7) is 8.62. The lowest BCUT2D eigenvalue weighted by Crippen LogP contribution is -2.52. The molecule has 114 valence electrons. The van der Waals surface area contributed by atoms with E-state index in [1.807, 2.05) is 25.7 Å². The Morgan fingerprint density at radius 1 is 1.25 bits per heavy atom. The largest absolute Gasteiger partial charge is 0.378 e. The Morgan fingerprint density at radius 2 is 1.90 bits per heavy atom. The van der Waals surface area contributed by atoms with Crippen LogP contribution in [0.15, 0.2) is 0 Å². The highest BCUT2D eigenvalue weighted by Crippen LogP contribution is 2.27. The van der Waals surface area contributed by atoms with Crippen molar-refractivity contribution in [3.05, 3.63) is 0 Å². The van der Waals surface area contributed by atoms with E-state index in [-0.39, 0.29) is 23.3 Å². The summed E-state index contributed by atoms with van der Waals surface area (Å²) < 4.78 is 5.27. The van der Waals surface area contributed by atoms with Gasteiger partial charge in [0.25, 0.3) is 0 Å². The molecule has 0 N–H and O–H groups in total. The highest BCUT2D eigenvalue weighted by Gasteiger charge is 2.38. The van der Waals surface area contributed by atoms with Crippen molar-refractivity contribution < 1.29 is 14.3 Å². The summed E-state index contributed by atoms with van der Waals surface area (Å²) in [5, 5.41) is 0. The maximum atomic E-state index is 12.5. The van der Waals surface area contributed by atoms with Gasteiger partial charge < -0.3 is 14.5 Å². The zero-order chi connectivity index (χ0) is 14.8. The van der Waals surface area contributed by atoms with Crippen LogP contribution in [0.25, 0.3) is 0 Å². The van der Waals surface area contributed by atoms with Crippen LogP contribution >= 0.6 is 11.8 Å². The number of morpholine rings is 1. The number of thioether (sulfide) groups is 1. The minimum Gasteiger partial charge on any atom is -0.378 e. The van der Waals surface area contributed by atoms with Gasteiger partial charge in [-0.1, -0.05) is 20.8 Å². The number of hydrogen-bond donors (Lipinski definition) is 0. The van der Waals surface area contributed by atoms with Crippen LogP contribution in [0.2, 0.25) is 0 Å². The van der Waals surface area contributed by atoms with E-state index in [1.54, 1.807) is 16.7 Å². The first-order valence-corrected chi connectivity index (χ1v) is 8.28. The van der Waals surface area contributed by atoms with Crippen LogP contribution in [0.1, 0.15) is 27.2 Å². The Hall–Kier alpha value is -0.750. The third-order valence-electron chi connectivity index (χ3n) is 3.49. The van der Waals surface area contributed by atoms with E-state index in [0.29, 0.717) is 44.4 Å². The van der Waals surface area contributed by atoms with Gasteiger partial charge in [-0.2, -0.15) is 0 Å². The third kappa shape index (κ3) is 3.88. The lowest BCUT2D eigenvalue weighted by molar-refractivity contribution is -0.146. The van der Waals surface area contributed by atoms with E-state index < -0.39 is 0 Å². The summed E-state index contributed by atoms with van der Waals surface area (Å²) in [6.07, 6.45) is 0.487. The second-order valence-electron chi connectivity index (χ2n) is 6.55. The first kappa shape index (κ1) is 15.6. The summed E-state index contributed by atoms with van der Waals surface area (Å²) in [6, 6.07) is -0.284. The number of hydrogen-bond acceptors (Lipinski definition) is 4. The lowest BCUT2D eigenvalue weighted by Gasteiger charge is -2.33. The van der Waals surface area contributed by atoms with Gasteiger partial charge in [0, 0.05) is 25.3 Å². The highest BCUT2D eigenvalue weighted by molar-refractivity contribution is 7.99. The molecule has 2 aliphatic rings. The molecule has 0 aromatic heterocycles. The van der Waals surface area contributed by atoms with Gasteiger partial charge in [-0.25, -0.2) is 0 Å². The smallest absolute Gasteiger partial charge is 0.246 e. The van der Waals surface area contributed by atoms with Crippen LogP contribution in [-0.4, -0.2) is 65.6 Å². The zero-order valence-electron chi connectivity index (χ0n) is 12.6. The molecule has 2 heterocycles. The van der Waals surface area contributed by atoms with E-state index in [1.165, 1.54) is 0 Å². The summed E-state index contributed by atoms with van der Waals surface area (Å²) in [7, 11) is 0. The predicted octanol–water partition coefficient (Wildman–Crippen LogP) is 1.18. The Balaban J connectivity index is 1.99. The predicted molar refractivity (Wildman–Crippen MR) is 79.4 cm³/mol. The average molecular weight is 300 g/mol. The number of ether oxygens (including phenoxy) is 1. The molecule has 0 aromatic carbocycles. The van der Waals surface area contributed by atoms with Crippen molar-refractivity contribution in [2.24, 2.45) is 5.41 Å². The molecular weight excluding hydrogens is 276 g/mol. The monoisotopic (exact) mass is 300 g/mol. The first-order chi connectivity index (χ1) is 9.38. The second-order valence-corrected chi connectivity index (χ2v) is 7.55. The fourth-order valence-corrected chi connectivity index (χ4v) is 3.61. The van der Waals surface area contributed by atoms with Gasteiger partial charge >= 0.3 is 0 Å². The molecule has 5 nitrogen and oxygen atoms in total. The van der Waals surface area contributed by atoms with Crippen molar-refractivity contribution in [3.8, 4) is 0 Å². The molecule has 1 atom stereocenters. The molecule has 0 radical (unpaired) electrons. The highest BCUT2D eigenvalue weighted by atomic mass is 32.2. The molecule has 20 heavy (non-hydrogen) atoms. The van der Waals surface area contributed by atoms with E-state index >= 15 is 0 Å². The molecule has 0 bridgehead atoms. The van der Waals surface area contributed by atoms with Crippen molar-refractivity contribution >= 4 is 23.6 Å². The Kier molecular flexibility index (Phi) is 4.96. The van der Waals surface area contributed by atoms with Gasteiger partial charge in [-0.05, 0) is 5.41 Å². The van der Waals surface area contributed by atoms with Crippen molar-refractivity contribution in [2.75, 3.05) is 37.9 Å². The van der Waals surface area contributed by atoms with Crippen LogP contribution in [0, 0.1) is 5.41 Å². The van der Waals surface area contributed by atoms with Gasteiger partial charge in [0.1, 0.15) is 6.04 Å². The fourth-order valence-electron chi connectivity index (χ4n) is 2.44.